The fourth-order valence-corrected chi connectivity index (χ4v) is 7.74. The first-order valence-electron chi connectivity index (χ1n) is 12.8. The van der Waals surface area contributed by atoms with E-state index < -0.39 is 32.5 Å². The number of benzene rings is 3. The largest absolute Gasteiger partial charge is 0.351 e. The molecular formula is C28H31Cl2N3O5S2. The second-order valence-electron chi connectivity index (χ2n) is 9.71. The van der Waals surface area contributed by atoms with Gasteiger partial charge in [0.2, 0.25) is 26.0 Å². The van der Waals surface area contributed by atoms with Crippen LogP contribution in [-0.2, 0) is 37.9 Å². The molecule has 0 radical (unpaired) electrons. The van der Waals surface area contributed by atoms with Crippen LogP contribution in [0, 0.1) is 6.92 Å². The second kappa shape index (κ2) is 13.0. The molecule has 0 aliphatic carbocycles. The van der Waals surface area contributed by atoms with Gasteiger partial charge in [0.1, 0.15) is 0 Å². The standard InChI is InChI=1S/C28H31Cl2N3O5S2/c1-21-5-11-25(12-6-21)40(37,38)33(19-23-9-10-24(29)17-27(23)30)20-28(34)31-18-22-7-13-26(14-8-22)39(35,36)32-15-3-2-4-16-32/h5-14,17H,2-4,15-16,18-20H2,1H3,(H,31,34). The maximum Gasteiger partial charge on any atom is 0.243 e. The molecule has 0 atom stereocenters. The van der Waals surface area contributed by atoms with E-state index in [1.165, 1.54) is 34.6 Å². The van der Waals surface area contributed by atoms with Crippen molar-refractivity contribution in [1.29, 1.82) is 0 Å². The summed E-state index contributed by atoms with van der Waals surface area (Å²) in [5.41, 5.74) is 2.08. The number of hydrogen-bond acceptors (Lipinski definition) is 5. The molecule has 3 aromatic rings. The molecule has 12 heteroatoms. The van der Waals surface area contributed by atoms with Gasteiger partial charge >= 0.3 is 0 Å². The van der Waals surface area contributed by atoms with Crippen LogP contribution in [0.15, 0.2) is 76.5 Å². The number of carbonyl (C=O) groups excluding carboxylic acids is 1. The summed E-state index contributed by atoms with van der Waals surface area (Å²) in [7, 11) is -7.60. The fraction of sp³-hybridized carbons (Fsp3) is 0.321. The predicted molar refractivity (Wildman–Crippen MR) is 156 cm³/mol. The summed E-state index contributed by atoms with van der Waals surface area (Å²) < 4.78 is 55.4. The number of amides is 1. The Hall–Kier alpha value is -2.47. The molecule has 40 heavy (non-hydrogen) atoms. The van der Waals surface area contributed by atoms with Crippen molar-refractivity contribution in [2.24, 2.45) is 0 Å². The van der Waals surface area contributed by atoms with E-state index in [2.05, 4.69) is 5.32 Å². The van der Waals surface area contributed by atoms with Crippen LogP contribution >= 0.6 is 23.2 Å². The van der Waals surface area contributed by atoms with Crippen molar-refractivity contribution in [2.45, 2.75) is 49.1 Å². The lowest BCUT2D eigenvalue weighted by Gasteiger charge is -2.25. The molecule has 1 aliphatic heterocycles. The van der Waals surface area contributed by atoms with Crippen molar-refractivity contribution < 1.29 is 21.6 Å². The highest BCUT2D eigenvalue weighted by Crippen LogP contribution is 2.26. The highest BCUT2D eigenvalue weighted by molar-refractivity contribution is 7.89. The molecule has 0 unspecified atom stereocenters. The first kappa shape index (κ1) is 30.5. The predicted octanol–water partition coefficient (Wildman–Crippen LogP) is 4.98. The Labute approximate surface area is 246 Å². The summed E-state index contributed by atoms with van der Waals surface area (Å²) in [6.45, 7) is 2.40. The lowest BCUT2D eigenvalue weighted by molar-refractivity contribution is -0.121. The van der Waals surface area contributed by atoms with Gasteiger partial charge in [-0.15, -0.1) is 0 Å². The Morgan fingerprint density at radius 3 is 2.12 bits per heavy atom. The molecule has 1 N–H and O–H groups in total. The van der Waals surface area contributed by atoms with Gasteiger partial charge in [0.05, 0.1) is 16.3 Å². The van der Waals surface area contributed by atoms with Crippen LogP contribution in [0.1, 0.15) is 36.0 Å². The van der Waals surface area contributed by atoms with E-state index in [4.69, 9.17) is 23.2 Å². The molecule has 1 fully saturated rings. The molecule has 1 heterocycles. The van der Waals surface area contributed by atoms with E-state index in [-0.39, 0.29) is 27.9 Å². The van der Waals surface area contributed by atoms with E-state index >= 15 is 0 Å². The van der Waals surface area contributed by atoms with Crippen LogP contribution in [0.4, 0.5) is 0 Å². The lowest BCUT2D eigenvalue weighted by atomic mass is 10.2. The summed E-state index contributed by atoms with van der Waals surface area (Å²) in [5.74, 6) is -0.522. The van der Waals surface area contributed by atoms with Gasteiger partial charge in [-0.2, -0.15) is 8.61 Å². The quantitative estimate of drug-likeness (QED) is 0.343. The number of sulfonamides is 2. The molecule has 4 rings (SSSR count). The van der Waals surface area contributed by atoms with Crippen molar-refractivity contribution in [3.63, 3.8) is 0 Å². The molecule has 1 aliphatic rings. The average Bonchev–Trinajstić information content (AvgIpc) is 2.94. The maximum atomic E-state index is 13.5. The van der Waals surface area contributed by atoms with E-state index in [0.29, 0.717) is 29.2 Å². The molecule has 1 amide bonds. The number of nitrogens with one attached hydrogen (secondary N) is 1. The number of rotatable bonds is 10. The third-order valence-corrected chi connectivity index (χ3v) is 11.0. The van der Waals surface area contributed by atoms with Crippen LogP contribution in [0.3, 0.4) is 0 Å². The van der Waals surface area contributed by atoms with Crippen molar-refractivity contribution in [3.05, 3.63) is 93.5 Å². The lowest BCUT2D eigenvalue weighted by Crippen LogP contribution is -2.40. The third-order valence-electron chi connectivity index (χ3n) is 6.71. The second-order valence-corrected chi connectivity index (χ2v) is 14.4. The number of nitrogens with zero attached hydrogens (tertiary/aromatic N) is 2. The first-order valence-corrected chi connectivity index (χ1v) is 16.5. The monoisotopic (exact) mass is 623 g/mol. The number of carbonyl (C=O) groups is 1. The number of piperidine rings is 1. The fourth-order valence-electron chi connectivity index (χ4n) is 4.38. The topological polar surface area (TPSA) is 104 Å². The minimum absolute atomic E-state index is 0.0569. The van der Waals surface area contributed by atoms with Gasteiger partial charge in [-0.3, -0.25) is 4.79 Å². The Kier molecular flexibility index (Phi) is 9.92. The summed E-state index contributed by atoms with van der Waals surface area (Å²) >= 11 is 12.3. The van der Waals surface area contributed by atoms with E-state index in [0.717, 1.165) is 29.1 Å². The van der Waals surface area contributed by atoms with Crippen LogP contribution in [0.5, 0.6) is 0 Å². The Morgan fingerprint density at radius 1 is 0.875 bits per heavy atom. The van der Waals surface area contributed by atoms with Gasteiger partial charge in [-0.1, -0.05) is 65.5 Å². The van der Waals surface area contributed by atoms with Gasteiger partial charge < -0.3 is 5.32 Å². The molecule has 1 saturated heterocycles. The van der Waals surface area contributed by atoms with Crippen molar-refractivity contribution >= 4 is 49.2 Å². The number of halogens is 2. The molecule has 0 bridgehead atoms. The molecule has 0 saturated carbocycles. The maximum absolute atomic E-state index is 13.5. The van der Waals surface area contributed by atoms with Crippen molar-refractivity contribution in [2.75, 3.05) is 19.6 Å². The molecular weight excluding hydrogens is 593 g/mol. The van der Waals surface area contributed by atoms with Crippen LogP contribution in [0.2, 0.25) is 10.0 Å². The minimum atomic E-state index is -4.04. The Bertz CT molecular complexity index is 1560. The minimum Gasteiger partial charge on any atom is -0.351 e. The zero-order chi connectivity index (χ0) is 28.9. The summed E-state index contributed by atoms with van der Waals surface area (Å²) in [6, 6.07) is 17.5. The zero-order valence-corrected chi connectivity index (χ0v) is 25.2. The highest BCUT2D eigenvalue weighted by Gasteiger charge is 2.28. The summed E-state index contributed by atoms with van der Waals surface area (Å²) in [5, 5.41) is 3.43. The number of hydrogen-bond donors (Lipinski definition) is 1. The van der Waals surface area contributed by atoms with E-state index in [9.17, 15) is 21.6 Å². The smallest absolute Gasteiger partial charge is 0.243 e. The van der Waals surface area contributed by atoms with Crippen LogP contribution in [-0.4, -0.2) is 51.0 Å². The average molecular weight is 625 g/mol. The normalized spacial score (nSPS) is 14.8. The van der Waals surface area contributed by atoms with Gasteiger partial charge in [0, 0.05) is 36.2 Å². The third kappa shape index (κ3) is 7.43. The van der Waals surface area contributed by atoms with Gasteiger partial charge in [0.25, 0.3) is 0 Å². The molecule has 214 valence electrons. The Morgan fingerprint density at radius 2 is 1.50 bits per heavy atom. The summed E-state index contributed by atoms with van der Waals surface area (Å²) in [6.07, 6.45) is 2.73. The highest BCUT2D eigenvalue weighted by atomic mass is 35.5. The van der Waals surface area contributed by atoms with Gasteiger partial charge in [0.15, 0.2) is 0 Å². The molecule has 0 aromatic heterocycles. The SMILES string of the molecule is Cc1ccc(S(=O)(=O)N(CC(=O)NCc2ccc(S(=O)(=O)N3CCCCC3)cc2)Cc2ccc(Cl)cc2Cl)cc1. The van der Waals surface area contributed by atoms with E-state index in [1.54, 1.807) is 36.4 Å². The summed E-state index contributed by atoms with van der Waals surface area (Å²) in [4.78, 5) is 13.2. The molecule has 3 aromatic carbocycles. The van der Waals surface area contributed by atoms with E-state index in [1.807, 2.05) is 6.92 Å². The molecule has 0 spiro atoms. The molecule has 8 nitrogen and oxygen atoms in total. The zero-order valence-electron chi connectivity index (χ0n) is 22.0. The number of aryl methyl sites for hydroxylation is 1. The van der Waals surface area contributed by atoms with Crippen molar-refractivity contribution in [3.8, 4) is 0 Å². The Balaban J connectivity index is 1.46. The van der Waals surface area contributed by atoms with Crippen LogP contribution in [0.25, 0.3) is 0 Å². The van der Waals surface area contributed by atoms with Gasteiger partial charge in [-0.25, -0.2) is 16.8 Å². The first-order chi connectivity index (χ1) is 19.0. The van der Waals surface area contributed by atoms with Crippen LogP contribution < -0.4 is 5.32 Å². The van der Waals surface area contributed by atoms with Gasteiger partial charge in [-0.05, 0) is 67.3 Å². The van der Waals surface area contributed by atoms with Crippen molar-refractivity contribution in [1.82, 2.24) is 13.9 Å².